The first-order chi connectivity index (χ1) is 10.5. The number of fused-ring (bicyclic) bond motifs is 1. The van der Waals surface area contributed by atoms with Crippen LogP contribution in [-0.4, -0.2) is 17.0 Å². The van der Waals surface area contributed by atoms with Crippen LogP contribution in [0.3, 0.4) is 0 Å². The molecule has 22 heavy (non-hydrogen) atoms. The molecule has 1 aromatic carbocycles. The summed E-state index contributed by atoms with van der Waals surface area (Å²) in [6, 6.07) is 6.04. The van der Waals surface area contributed by atoms with Gasteiger partial charge in [-0.1, -0.05) is 19.8 Å². The molecule has 1 aromatic rings. The molecule has 116 valence electrons. The molecule has 0 unspecified atom stereocenters. The van der Waals surface area contributed by atoms with Crippen LogP contribution in [0.5, 0.6) is 0 Å². The highest BCUT2D eigenvalue weighted by Gasteiger charge is 2.64. The van der Waals surface area contributed by atoms with Gasteiger partial charge in [-0.3, -0.25) is 14.9 Å². The molecule has 6 heteroatoms. The number of hydrazone groups is 1. The van der Waals surface area contributed by atoms with Crippen molar-refractivity contribution in [1.29, 1.82) is 0 Å². The van der Waals surface area contributed by atoms with E-state index in [0.29, 0.717) is 11.5 Å². The number of amides is 1. The Bertz CT molecular complexity index is 626. The number of nitrogens with one attached hydrogen (secondary N) is 1. The Balaban J connectivity index is 1.56. The van der Waals surface area contributed by atoms with Crippen molar-refractivity contribution < 1.29 is 9.72 Å². The van der Waals surface area contributed by atoms with Crippen LogP contribution in [0.2, 0.25) is 0 Å². The number of carbonyl (C=O) groups excluding carboxylic acids is 1. The minimum absolute atomic E-state index is 0.00689. The second-order valence-electron chi connectivity index (χ2n) is 6.42. The molecule has 1 amide bonds. The molecule has 0 saturated heterocycles. The largest absolute Gasteiger partial charge is 0.273 e. The molecule has 3 atom stereocenters. The van der Waals surface area contributed by atoms with Crippen molar-refractivity contribution >= 4 is 17.8 Å². The molecular formula is C16H19N3O3. The highest BCUT2D eigenvalue weighted by molar-refractivity contribution is 5.86. The van der Waals surface area contributed by atoms with Crippen molar-refractivity contribution in [3.05, 3.63) is 39.9 Å². The molecule has 1 N–H and O–H groups in total. The molecule has 0 spiro atoms. The highest BCUT2D eigenvalue weighted by Crippen LogP contribution is 2.66. The average Bonchev–Trinajstić information content (AvgIpc) is 3.13. The standard InChI is InChI=1S/C16H19N3O3/c1-16-9-3-2-4-13(16)14(16)15(20)18-17-10-11-5-7-12(8-6-11)19(21)22/h5-8,10,13-14H,2-4,9H2,1H3,(H,18,20)/b17-10-/t13-,14-,16-/m0/s1. The average molecular weight is 301 g/mol. The Morgan fingerprint density at radius 1 is 1.41 bits per heavy atom. The molecule has 0 aromatic heterocycles. The fraction of sp³-hybridized carbons (Fsp3) is 0.500. The molecule has 0 aliphatic heterocycles. The summed E-state index contributed by atoms with van der Waals surface area (Å²) < 4.78 is 0. The number of nitro benzene ring substituents is 1. The molecule has 0 heterocycles. The maximum absolute atomic E-state index is 12.2. The van der Waals surface area contributed by atoms with Gasteiger partial charge in [0, 0.05) is 18.1 Å². The van der Waals surface area contributed by atoms with Gasteiger partial charge in [0.25, 0.3) is 5.69 Å². The number of benzene rings is 1. The number of nitro groups is 1. The second-order valence-corrected chi connectivity index (χ2v) is 6.42. The van der Waals surface area contributed by atoms with Gasteiger partial charge in [-0.2, -0.15) is 5.10 Å². The summed E-state index contributed by atoms with van der Waals surface area (Å²) in [5.74, 6) is 0.590. The smallest absolute Gasteiger partial charge is 0.269 e. The molecule has 0 radical (unpaired) electrons. The second kappa shape index (κ2) is 5.51. The summed E-state index contributed by atoms with van der Waals surface area (Å²) in [6.45, 7) is 2.20. The number of non-ortho nitro benzene ring substituents is 1. The van der Waals surface area contributed by atoms with Crippen molar-refractivity contribution in [2.24, 2.45) is 22.4 Å². The third kappa shape index (κ3) is 2.61. The molecule has 6 nitrogen and oxygen atoms in total. The first-order valence-electron chi connectivity index (χ1n) is 7.60. The van der Waals surface area contributed by atoms with E-state index in [2.05, 4.69) is 17.5 Å². The fourth-order valence-electron chi connectivity index (χ4n) is 3.77. The number of rotatable bonds is 4. The topological polar surface area (TPSA) is 84.6 Å². The number of hydrogen-bond acceptors (Lipinski definition) is 4. The Labute approximate surface area is 128 Å². The predicted octanol–water partition coefficient (Wildman–Crippen LogP) is 2.87. The van der Waals surface area contributed by atoms with E-state index in [0.717, 1.165) is 12.8 Å². The summed E-state index contributed by atoms with van der Waals surface area (Å²) in [5, 5.41) is 14.5. The Morgan fingerprint density at radius 2 is 2.14 bits per heavy atom. The van der Waals surface area contributed by atoms with Crippen LogP contribution in [0.1, 0.15) is 38.2 Å². The molecule has 3 rings (SSSR count). The Morgan fingerprint density at radius 3 is 2.73 bits per heavy atom. The van der Waals surface area contributed by atoms with E-state index in [1.807, 2.05) is 0 Å². The summed E-state index contributed by atoms with van der Waals surface area (Å²) in [5.41, 5.74) is 3.53. The van der Waals surface area contributed by atoms with Crippen LogP contribution in [0.4, 0.5) is 5.69 Å². The highest BCUT2D eigenvalue weighted by atomic mass is 16.6. The third-order valence-electron chi connectivity index (χ3n) is 5.11. The van der Waals surface area contributed by atoms with E-state index in [4.69, 9.17) is 0 Å². The van der Waals surface area contributed by atoms with Crippen LogP contribution in [0.15, 0.2) is 29.4 Å². The van der Waals surface area contributed by atoms with Crippen LogP contribution in [0, 0.1) is 27.4 Å². The molecular weight excluding hydrogens is 282 g/mol. The molecule has 2 aliphatic carbocycles. The predicted molar refractivity (Wildman–Crippen MR) is 82.4 cm³/mol. The van der Waals surface area contributed by atoms with Gasteiger partial charge in [0.05, 0.1) is 11.1 Å². The fourth-order valence-corrected chi connectivity index (χ4v) is 3.77. The normalized spacial score (nSPS) is 29.9. The zero-order chi connectivity index (χ0) is 15.7. The van der Waals surface area contributed by atoms with Crippen molar-refractivity contribution in [3.8, 4) is 0 Å². The maximum atomic E-state index is 12.2. The van der Waals surface area contributed by atoms with Crippen molar-refractivity contribution in [2.75, 3.05) is 0 Å². The molecule has 2 aliphatic rings. The lowest BCUT2D eigenvalue weighted by molar-refractivity contribution is -0.384. The van der Waals surface area contributed by atoms with Crippen molar-refractivity contribution in [2.45, 2.75) is 32.6 Å². The number of carbonyl (C=O) groups is 1. The molecule has 2 fully saturated rings. The summed E-state index contributed by atoms with van der Waals surface area (Å²) in [7, 11) is 0. The first kappa shape index (κ1) is 14.7. The van der Waals surface area contributed by atoms with Crippen molar-refractivity contribution in [1.82, 2.24) is 5.43 Å². The van der Waals surface area contributed by atoms with Crippen LogP contribution < -0.4 is 5.43 Å². The lowest BCUT2D eigenvalue weighted by Crippen LogP contribution is -2.22. The first-order valence-corrected chi connectivity index (χ1v) is 7.60. The zero-order valence-electron chi connectivity index (χ0n) is 12.5. The van der Waals surface area contributed by atoms with Gasteiger partial charge >= 0.3 is 0 Å². The van der Waals surface area contributed by atoms with E-state index >= 15 is 0 Å². The summed E-state index contributed by atoms with van der Waals surface area (Å²) >= 11 is 0. The van der Waals surface area contributed by atoms with Crippen LogP contribution in [0.25, 0.3) is 0 Å². The van der Waals surface area contributed by atoms with Gasteiger partial charge in [0.1, 0.15) is 0 Å². The van der Waals surface area contributed by atoms with Crippen molar-refractivity contribution in [3.63, 3.8) is 0 Å². The van der Waals surface area contributed by atoms with E-state index in [-0.39, 0.29) is 22.9 Å². The summed E-state index contributed by atoms with van der Waals surface area (Å²) in [6.07, 6.45) is 6.21. The van der Waals surface area contributed by atoms with E-state index in [1.54, 1.807) is 12.1 Å². The van der Waals surface area contributed by atoms with Crippen LogP contribution in [-0.2, 0) is 4.79 Å². The van der Waals surface area contributed by atoms with E-state index in [1.165, 1.54) is 31.2 Å². The third-order valence-corrected chi connectivity index (χ3v) is 5.11. The molecule has 2 saturated carbocycles. The maximum Gasteiger partial charge on any atom is 0.269 e. The SMILES string of the molecule is C[C@]12CCCC[C@H]1[C@H]2C(=O)N/N=C\c1ccc([N+](=O)[O-])cc1. The van der Waals surface area contributed by atoms with E-state index < -0.39 is 4.92 Å². The quantitative estimate of drug-likeness (QED) is 0.527. The zero-order valence-corrected chi connectivity index (χ0v) is 12.5. The van der Waals surface area contributed by atoms with Gasteiger partial charge in [0.15, 0.2) is 0 Å². The minimum atomic E-state index is -0.446. The lowest BCUT2D eigenvalue weighted by Gasteiger charge is -2.15. The Hall–Kier alpha value is -2.24. The lowest BCUT2D eigenvalue weighted by atomic mass is 9.90. The Kier molecular flexibility index (Phi) is 3.68. The van der Waals surface area contributed by atoms with Gasteiger partial charge in [0.2, 0.25) is 5.91 Å². The van der Waals surface area contributed by atoms with Gasteiger partial charge in [-0.15, -0.1) is 0 Å². The van der Waals surface area contributed by atoms with Crippen LogP contribution >= 0.6 is 0 Å². The number of hydrogen-bond donors (Lipinski definition) is 1. The van der Waals surface area contributed by atoms with Gasteiger partial charge < -0.3 is 0 Å². The number of nitrogens with zero attached hydrogens (tertiary/aromatic N) is 2. The monoisotopic (exact) mass is 301 g/mol. The van der Waals surface area contributed by atoms with Gasteiger partial charge in [-0.05, 0) is 41.9 Å². The molecule has 0 bridgehead atoms. The van der Waals surface area contributed by atoms with Gasteiger partial charge in [-0.25, -0.2) is 5.43 Å². The van der Waals surface area contributed by atoms with E-state index in [9.17, 15) is 14.9 Å². The minimum Gasteiger partial charge on any atom is -0.273 e. The summed E-state index contributed by atoms with van der Waals surface area (Å²) in [4.78, 5) is 22.3.